The normalized spacial score (nSPS) is 32.5. The van der Waals surface area contributed by atoms with Crippen LogP contribution in [0.4, 0.5) is 4.79 Å². The number of rotatable bonds is 4. The number of carbonyl (C=O) groups excluding carboxylic acids is 4. The van der Waals surface area contributed by atoms with Crippen molar-refractivity contribution in [2.75, 3.05) is 21.3 Å². The van der Waals surface area contributed by atoms with Gasteiger partial charge in [-0.1, -0.05) is 38.2 Å². The average Bonchev–Trinajstić information content (AvgIpc) is 2.92. The second kappa shape index (κ2) is 15.4. The Morgan fingerprint density at radius 2 is 1.76 bits per heavy atom. The Hall–Kier alpha value is -2.81. The zero-order chi connectivity index (χ0) is 31.0. The maximum atomic E-state index is 13.5. The van der Waals surface area contributed by atoms with Crippen molar-refractivity contribution in [3.05, 3.63) is 56.1 Å². The summed E-state index contributed by atoms with van der Waals surface area (Å²) in [6, 6.07) is 0. The quantitative estimate of drug-likeness (QED) is 0.229. The summed E-state index contributed by atoms with van der Waals surface area (Å²) in [4.78, 5) is 51.3. The van der Waals surface area contributed by atoms with Crippen LogP contribution < -0.4 is 11.1 Å². The largest absolute Gasteiger partial charge is 0.492 e. The van der Waals surface area contributed by atoms with Crippen LogP contribution in [-0.2, 0) is 33.3 Å². The van der Waals surface area contributed by atoms with Crippen molar-refractivity contribution >= 4 is 46.2 Å². The average molecular weight is 687 g/mol. The number of Topliss-reactive ketones (excluding diaryl/α,β-unsaturated/α-hetero) is 2. The van der Waals surface area contributed by atoms with E-state index < -0.39 is 53.9 Å². The number of aliphatic hydroxyl groups excluding tert-OH is 1. The summed E-state index contributed by atoms with van der Waals surface area (Å²) in [7, 11) is 4.23. The third-order valence-corrected chi connectivity index (χ3v) is 8.08. The summed E-state index contributed by atoms with van der Waals surface area (Å²) in [6.07, 6.45) is 2.56. The first-order valence-corrected chi connectivity index (χ1v) is 14.2. The predicted octanol–water partition coefficient (Wildman–Crippen LogP) is 3.17. The standard InChI is InChI=1S/C29H39IN2O9/c1-14-11-18-24(34)22(21(30)25(35)27(18)40-7)32-28(36)15(2)9-8-10-19(38-5)26(41-29(31)37)17(4)13-16(3)23(33)20(12-14)39-6/h8-10,13-14,16,19-20,23,26,33H,11-12H2,1-7H3,(H2,31,37)(H,32,36)/b10-8-,15-9+,17-13+/t14-,16+,19-,20+,23-,26+/m1/s1. The molecule has 0 saturated heterocycles. The van der Waals surface area contributed by atoms with Crippen LogP contribution in [0.5, 0.6) is 0 Å². The minimum Gasteiger partial charge on any atom is -0.492 e. The number of methoxy groups -OCH3 is 3. The van der Waals surface area contributed by atoms with Crippen LogP contribution in [0, 0.1) is 11.8 Å². The molecular weight excluding hydrogens is 647 g/mol. The number of nitrogens with one attached hydrogen (secondary N) is 1. The molecule has 0 unspecified atom stereocenters. The molecule has 6 atom stereocenters. The van der Waals surface area contributed by atoms with Crippen molar-refractivity contribution in [1.82, 2.24) is 5.32 Å². The maximum Gasteiger partial charge on any atom is 0.405 e. The zero-order valence-corrected chi connectivity index (χ0v) is 26.5. The molecule has 0 saturated carbocycles. The Labute approximate surface area is 254 Å². The van der Waals surface area contributed by atoms with Crippen molar-refractivity contribution in [2.45, 2.75) is 65.0 Å². The molecule has 0 radical (unpaired) electrons. The molecular formula is C29H39IN2O9. The minimum absolute atomic E-state index is 0.0369. The van der Waals surface area contributed by atoms with Gasteiger partial charge < -0.3 is 35.1 Å². The fourth-order valence-electron chi connectivity index (χ4n) is 4.81. The molecule has 2 amide bonds. The smallest absolute Gasteiger partial charge is 0.405 e. The van der Waals surface area contributed by atoms with Crippen molar-refractivity contribution in [3.63, 3.8) is 0 Å². The van der Waals surface area contributed by atoms with Crippen molar-refractivity contribution in [1.29, 1.82) is 0 Å². The number of primary amides is 1. The van der Waals surface area contributed by atoms with Gasteiger partial charge in [-0.25, -0.2) is 4.79 Å². The molecule has 2 rings (SSSR count). The number of hydrogen-bond acceptors (Lipinski definition) is 9. The fraction of sp³-hybridized carbons (Fsp3) is 0.517. The third-order valence-electron chi connectivity index (χ3n) is 7.05. The van der Waals surface area contributed by atoms with E-state index >= 15 is 0 Å². The Morgan fingerprint density at radius 1 is 1.10 bits per heavy atom. The Bertz CT molecular complexity index is 1200. The molecule has 41 heavy (non-hydrogen) atoms. The lowest BCUT2D eigenvalue weighted by Crippen LogP contribution is -2.37. The molecule has 1 heterocycles. The van der Waals surface area contributed by atoms with E-state index in [9.17, 15) is 24.3 Å². The van der Waals surface area contributed by atoms with Crippen LogP contribution in [0.3, 0.4) is 0 Å². The van der Waals surface area contributed by atoms with Crippen LogP contribution in [-0.4, -0.2) is 74.4 Å². The predicted molar refractivity (Wildman–Crippen MR) is 160 cm³/mol. The van der Waals surface area contributed by atoms with Crippen molar-refractivity contribution in [3.8, 4) is 0 Å². The topological polar surface area (TPSA) is 163 Å². The zero-order valence-electron chi connectivity index (χ0n) is 24.4. The molecule has 2 bridgehead atoms. The minimum atomic E-state index is -1.00. The van der Waals surface area contributed by atoms with Crippen molar-refractivity contribution < 1.29 is 43.2 Å². The Balaban J connectivity index is 2.65. The number of amides is 2. The van der Waals surface area contributed by atoms with Gasteiger partial charge in [-0.05, 0) is 60.8 Å². The first-order valence-electron chi connectivity index (χ1n) is 13.1. The lowest BCUT2D eigenvalue weighted by Gasteiger charge is -2.30. The van der Waals surface area contributed by atoms with Crippen molar-refractivity contribution in [2.24, 2.45) is 17.6 Å². The number of hydrogen-bond donors (Lipinski definition) is 3. The van der Waals surface area contributed by atoms with Gasteiger partial charge in [0.15, 0.2) is 11.9 Å². The first kappa shape index (κ1) is 34.4. The number of nitrogens with two attached hydrogens (primary N) is 1. The van der Waals surface area contributed by atoms with Gasteiger partial charge in [0.1, 0.15) is 11.8 Å². The lowest BCUT2D eigenvalue weighted by molar-refractivity contribution is -0.121. The highest BCUT2D eigenvalue weighted by molar-refractivity contribution is 14.1. The first-order chi connectivity index (χ1) is 19.3. The van der Waals surface area contributed by atoms with E-state index in [1.165, 1.54) is 27.4 Å². The van der Waals surface area contributed by atoms with Gasteiger partial charge in [-0.2, -0.15) is 0 Å². The molecule has 2 aliphatic rings. The molecule has 12 heteroatoms. The van der Waals surface area contributed by atoms with Gasteiger partial charge in [0.25, 0.3) is 5.91 Å². The van der Waals surface area contributed by atoms with Crippen LogP contribution in [0.15, 0.2) is 56.1 Å². The van der Waals surface area contributed by atoms with Crippen LogP contribution in [0.2, 0.25) is 0 Å². The number of carbonyl (C=O) groups is 4. The van der Waals surface area contributed by atoms with Crippen LogP contribution in [0.25, 0.3) is 0 Å². The molecule has 226 valence electrons. The SMILES string of the molecule is COC1=C2C[C@@H](C)C[C@H](OC)[C@H](O)[C@@H](C)/C=C(\C)[C@H](OC(N)=O)[C@H](OC)/C=C\C=C(/C)C(=O)NC(=C(I)C1=O)C2=O. The van der Waals surface area contributed by atoms with E-state index in [-0.39, 0.29) is 38.5 Å². The Kier molecular flexibility index (Phi) is 12.9. The highest BCUT2D eigenvalue weighted by Gasteiger charge is 2.37. The number of ketones is 2. The lowest BCUT2D eigenvalue weighted by atomic mass is 9.85. The molecule has 4 N–H and O–H groups in total. The number of fused-ring (bicyclic) bond motifs is 2. The van der Waals surface area contributed by atoms with Gasteiger partial charge in [-0.3, -0.25) is 14.4 Å². The number of halogens is 1. The summed E-state index contributed by atoms with van der Waals surface area (Å²) >= 11 is 1.73. The summed E-state index contributed by atoms with van der Waals surface area (Å²) in [5.74, 6) is -2.34. The molecule has 0 spiro atoms. The molecule has 0 aromatic heterocycles. The molecule has 0 fully saturated rings. The van der Waals surface area contributed by atoms with Gasteiger partial charge in [-0.15, -0.1) is 0 Å². The van der Waals surface area contributed by atoms with E-state index in [0.717, 1.165) is 0 Å². The highest BCUT2D eigenvalue weighted by Crippen LogP contribution is 2.33. The Morgan fingerprint density at radius 3 is 2.32 bits per heavy atom. The molecule has 11 nitrogen and oxygen atoms in total. The molecule has 0 aromatic rings. The van der Waals surface area contributed by atoms with E-state index in [1.807, 2.05) is 6.92 Å². The van der Waals surface area contributed by atoms with E-state index in [1.54, 1.807) is 61.6 Å². The molecule has 1 aliphatic heterocycles. The number of allylic oxidation sites excluding steroid dienone is 4. The summed E-state index contributed by atoms with van der Waals surface area (Å²) in [6.45, 7) is 6.94. The van der Waals surface area contributed by atoms with Gasteiger partial charge in [0, 0.05) is 31.3 Å². The fourth-order valence-corrected chi connectivity index (χ4v) is 5.44. The maximum absolute atomic E-state index is 13.5. The second-order valence-electron chi connectivity index (χ2n) is 10.2. The summed E-state index contributed by atoms with van der Waals surface area (Å²) in [5.41, 5.74) is 6.17. The van der Waals surface area contributed by atoms with Crippen LogP contribution >= 0.6 is 22.6 Å². The van der Waals surface area contributed by atoms with E-state index in [4.69, 9.17) is 24.7 Å². The monoisotopic (exact) mass is 686 g/mol. The number of aliphatic hydroxyl groups is 1. The molecule has 1 aliphatic carbocycles. The summed E-state index contributed by atoms with van der Waals surface area (Å²) in [5, 5.41) is 13.8. The van der Waals surface area contributed by atoms with E-state index in [2.05, 4.69) is 5.32 Å². The van der Waals surface area contributed by atoms with E-state index in [0.29, 0.717) is 12.0 Å². The third kappa shape index (κ3) is 8.60. The second-order valence-corrected chi connectivity index (χ2v) is 11.3. The molecule has 0 aromatic carbocycles. The number of ether oxygens (including phenoxy) is 4. The van der Waals surface area contributed by atoms with Crippen LogP contribution in [0.1, 0.15) is 40.5 Å². The van der Waals surface area contributed by atoms with Gasteiger partial charge in [0.05, 0.1) is 22.9 Å². The van der Waals surface area contributed by atoms with Gasteiger partial charge in [0.2, 0.25) is 11.6 Å². The van der Waals surface area contributed by atoms with Gasteiger partial charge >= 0.3 is 6.09 Å². The summed E-state index contributed by atoms with van der Waals surface area (Å²) < 4.78 is 21.9. The highest BCUT2D eigenvalue weighted by atomic mass is 127.